The maximum Gasteiger partial charge on any atom is 0.224 e. The van der Waals surface area contributed by atoms with E-state index < -0.39 is 0 Å². The Labute approximate surface area is 158 Å². The summed E-state index contributed by atoms with van der Waals surface area (Å²) < 4.78 is -0.0872. The molecule has 2 aliphatic carbocycles. The first kappa shape index (κ1) is 19.8. The standard InChI is InChI=1S/C18H24Cl3NO2/c19-15(17(20)21)11-16(23)13-9-5-6-10-14(13)18(24)22-12-7-3-1-2-4-8-12/h5-6,12-14H,1-4,7-11H2,(H,22,24)/t13-,14+/m0/s1. The average molecular weight is 393 g/mol. The molecule has 0 saturated heterocycles. The minimum absolute atomic E-state index is 0.0123. The van der Waals surface area contributed by atoms with Gasteiger partial charge in [0, 0.05) is 18.4 Å². The van der Waals surface area contributed by atoms with Gasteiger partial charge >= 0.3 is 0 Å². The number of nitrogens with one attached hydrogen (secondary N) is 1. The number of carbonyl (C=O) groups excluding carboxylic acids is 2. The molecule has 6 heteroatoms. The fourth-order valence-electron chi connectivity index (χ4n) is 3.54. The largest absolute Gasteiger partial charge is 0.353 e. The quantitative estimate of drug-likeness (QED) is 0.513. The van der Waals surface area contributed by atoms with Crippen molar-refractivity contribution in [2.45, 2.75) is 63.8 Å². The van der Waals surface area contributed by atoms with Crippen LogP contribution in [0.1, 0.15) is 57.8 Å². The van der Waals surface area contributed by atoms with Gasteiger partial charge < -0.3 is 5.32 Å². The van der Waals surface area contributed by atoms with Crippen molar-refractivity contribution in [1.82, 2.24) is 5.32 Å². The third kappa shape index (κ3) is 5.79. The molecule has 0 bridgehead atoms. The molecule has 0 radical (unpaired) electrons. The number of rotatable bonds is 5. The number of amides is 1. The zero-order chi connectivity index (χ0) is 17.5. The van der Waals surface area contributed by atoms with E-state index in [9.17, 15) is 9.59 Å². The van der Waals surface area contributed by atoms with Crippen molar-refractivity contribution in [3.05, 3.63) is 21.7 Å². The molecule has 1 saturated carbocycles. The molecule has 1 N–H and O–H groups in total. The maximum absolute atomic E-state index is 12.7. The number of Topliss-reactive ketones (excluding diaryl/α,β-unsaturated/α-hetero) is 1. The highest BCUT2D eigenvalue weighted by Gasteiger charge is 2.34. The van der Waals surface area contributed by atoms with E-state index in [4.69, 9.17) is 34.8 Å². The van der Waals surface area contributed by atoms with E-state index in [1.807, 2.05) is 12.2 Å². The van der Waals surface area contributed by atoms with E-state index in [1.165, 1.54) is 12.8 Å². The fraction of sp³-hybridized carbons (Fsp3) is 0.667. The van der Waals surface area contributed by atoms with E-state index in [0.717, 1.165) is 25.7 Å². The van der Waals surface area contributed by atoms with Crippen LogP contribution < -0.4 is 5.32 Å². The van der Waals surface area contributed by atoms with Crippen LogP contribution >= 0.6 is 34.8 Å². The average Bonchev–Trinajstić information content (AvgIpc) is 2.83. The van der Waals surface area contributed by atoms with Crippen molar-refractivity contribution in [3.8, 4) is 0 Å². The first-order valence-electron chi connectivity index (χ1n) is 8.66. The first-order chi connectivity index (χ1) is 11.5. The topological polar surface area (TPSA) is 46.2 Å². The van der Waals surface area contributed by atoms with Crippen molar-refractivity contribution in [2.24, 2.45) is 11.8 Å². The normalized spacial score (nSPS) is 25.0. The van der Waals surface area contributed by atoms with Gasteiger partial charge in [-0.25, -0.2) is 0 Å². The molecule has 3 nitrogen and oxygen atoms in total. The Morgan fingerprint density at radius 1 is 0.917 bits per heavy atom. The summed E-state index contributed by atoms with van der Waals surface area (Å²) in [4.78, 5) is 25.2. The Hall–Kier alpha value is -0.510. The van der Waals surface area contributed by atoms with Gasteiger partial charge in [-0.15, -0.1) is 0 Å². The number of hydrogen-bond acceptors (Lipinski definition) is 2. The molecule has 2 aliphatic rings. The van der Waals surface area contributed by atoms with Gasteiger partial charge in [-0.1, -0.05) is 72.6 Å². The molecule has 134 valence electrons. The minimum Gasteiger partial charge on any atom is -0.353 e. The second-order valence-electron chi connectivity index (χ2n) is 6.66. The van der Waals surface area contributed by atoms with Gasteiger partial charge in [-0.3, -0.25) is 9.59 Å². The van der Waals surface area contributed by atoms with Crippen molar-refractivity contribution in [1.29, 1.82) is 0 Å². The zero-order valence-corrected chi connectivity index (χ0v) is 16.0. The van der Waals surface area contributed by atoms with Crippen LogP contribution in [0.15, 0.2) is 21.7 Å². The summed E-state index contributed by atoms with van der Waals surface area (Å²) in [6.07, 6.45) is 11.9. The molecule has 0 aromatic carbocycles. The summed E-state index contributed by atoms with van der Waals surface area (Å²) in [7, 11) is 0. The summed E-state index contributed by atoms with van der Waals surface area (Å²) in [5.41, 5.74) is 0. The third-order valence-electron chi connectivity index (χ3n) is 4.92. The second kappa shape index (κ2) is 9.84. The van der Waals surface area contributed by atoms with Crippen LogP contribution in [0.4, 0.5) is 0 Å². The summed E-state index contributed by atoms with van der Waals surface area (Å²) in [6, 6.07) is 0.238. The molecule has 1 amide bonds. The molecule has 0 unspecified atom stereocenters. The highest BCUT2D eigenvalue weighted by molar-refractivity contribution is 6.59. The lowest BCUT2D eigenvalue weighted by Gasteiger charge is -2.28. The maximum atomic E-state index is 12.7. The van der Waals surface area contributed by atoms with Crippen molar-refractivity contribution >= 4 is 46.5 Å². The monoisotopic (exact) mass is 391 g/mol. The Kier molecular flexibility index (Phi) is 8.12. The summed E-state index contributed by atoms with van der Waals surface area (Å²) in [5.74, 6) is -0.780. The molecule has 1 fully saturated rings. The molecule has 2 rings (SSSR count). The predicted molar refractivity (Wildman–Crippen MR) is 99.2 cm³/mol. The SMILES string of the molecule is O=C(CC(Cl)=C(Cl)Cl)[C@H]1CC=CC[C@H]1C(=O)NC1CCCCCC1. The third-order valence-corrected chi connectivity index (χ3v) is 5.89. The van der Waals surface area contributed by atoms with Gasteiger partial charge in [-0.2, -0.15) is 0 Å². The highest BCUT2D eigenvalue weighted by Crippen LogP contribution is 2.31. The van der Waals surface area contributed by atoms with Gasteiger partial charge in [-0.05, 0) is 25.7 Å². The first-order valence-corrected chi connectivity index (χ1v) is 9.80. The van der Waals surface area contributed by atoms with Gasteiger partial charge in [0.1, 0.15) is 10.3 Å². The molecule has 0 heterocycles. The summed E-state index contributed by atoms with van der Waals surface area (Å²) in [6.45, 7) is 0. The van der Waals surface area contributed by atoms with Crippen LogP contribution in [0.25, 0.3) is 0 Å². The highest BCUT2D eigenvalue weighted by atomic mass is 35.5. The van der Waals surface area contributed by atoms with E-state index in [1.54, 1.807) is 0 Å². The van der Waals surface area contributed by atoms with E-state index in [-0.39, 0.29) is 45.5 Å². The number of allylic oxidation sites excluding steroid dienone is 3. The lowest BCUT2D eigenvalue weighted by atomic mass is 9.78. The van der Waals surface area contributed by atoms with E-state index in [2.05, 4.69) is 5.32 Å². The van der Waals surface area contributed by atoms with Gasteiger partial charge in [0.05, 0.1) is 11.0 Å². The van der Waals surface area contributed by atoms with E-state index in [0.29, 0.717) is 12.8 Å². The Balaban J connectivity index is 2.00. The van der Waals surface area contributed by atoms with Crippen LogP contribution in [-0.4, -0.2) is 17.7 Å². The Morgan fingerprint density at radius 3 is 2.08 bits per heavy atom. The molecule has 0 aliphatic heterocycles. The predicted octanol–water partition coefficient (Wildman–Crippen LogP) is 5.25. The number of ketones is 1. The van der Waals surface area contributed by atoms with Crippen LogP contribution in [0.2, 0.25) is 0 Å². The smallest absolute Gasteiger partial charge is 0.224 e. The molecule has 0 aromatic rings. The van der Waals surface area contributed by atoms with Crippen molar-refractivity contribution in [3.63, 3.8) is 0 Å². The van der Waals surface area contributed by atoms with Crippen LogP contribution in [0.5, 0.6) is 0 Å². The van der Waals surface area contributed by atoms with Crippen LogP contribution in [0.3, 0.4) is 0 Å². The summed E-state index contributed by atoms with van der Waals surface area (Å²) >= 11 is 17.2. The second-order valence-corrected chi connectivity index (χ2v) is 8.07. The Bertz CT molecular complexity index is 518. The van der Waals surface area contributed by atoms with E-state index >= 15 is 0 Å². The summed E-state index contributed by atoms with van der Waals surface area (Å²) in [5, 5.41) is 3.31. The van der Waals surface area contributed by atoms with Crippen LogP contribution in [0, 0.1) is 11.8 Å². The number of halogens is 3. The van der Waals surface area contributed by atoms with Gasteiger partial charge in [0.2, 0.25) is 5.91 Å². The van der Waals surface area contributed by atoms with Crippen LogP contribution in [-0.2, 0) is 9.59 Å². The molecular weight excluding hydrogens is 369 g/mol. The molecular formula is C18H24Cl3NO2. The van der Waals surface area contributed by atoms with Gasteiger partial charge in [0.25, 0.3) is 0 Å². The molecule has 0 aromatic heterocycles. The molecule has 0 spiro atoms. The van der Waals surface area contributed by atoms with Crippen molar-refractivity contribution < 1.29 is 9.59 Å². The fourth-order valence-corrected chi connectivity index (χ4v) is 3.81. The lowest BCUT2D eigenvalue weighted by Crippen LogP contribution is -2.43. The number of hydrogen-bond donors (Lipinski definition) is 1. The number of carbonyl (C=O) groups is 2. The lowest BCUT2D eigenvalue weighted by molar-refractivity contribution is -0.134. The molecule has 2 atom stereocenters. The van der Waals surface area contributed by atoms with Gasteiger partial charge in [0.15, 0.2) is 0 Å². The zero-order valence-electron chi connectivity index (χ0n) is 13.7. The van der Waals surface area contributed by atoms with Crippen molar-refractivity contribution in [2.75, 3.05) is 0 Å². The molecule has 24 heavy (non-hydrogen) atoms. The minimum atomic E-state index is -0.359. The Morgan fingerprint density at radius 2 is 1.50 bits per heavy atom.